The molecule has 0 spiro atoms. The van der Waals surface area contributed by atoms with Gasteiger partial charge in [0.2, 0.25) is 0 Å². The van der Waals surface area contributed by atoms with Crippen molar-refractivity contribution in [3.05, 3.63) is 29.6 Å². The maximum absolute atomic E-state index is 5.12. The van der Waals surface area contributed by atoms with E-state index < -0.39 is 0 Å². The zero-order chi connectivity index (χ0) is 11.1. The highest BCUT2D eigenvalue weighted by atomic mass is 16.6. The minimum atomic E-state index is 0.650. The average molecular weight is 206 g/mol. The van der Waals surface area contributed by atoms with Crippen molar-refractivity contribution in [1.29, 1.82) is 0 Å². The number of hydrogen-bond acceptors (Lipinski definition) is 3. The fourth-order valence-corrected chi connectivity index (χ4v) is 1.07. The highest BCUT2D eigenvalue weighted by molar-refractivity contribution is 5.76. The third-order valence-corrected chi connectivity index (χ3v) is 1.96. The van der Waals surface area contributed by atoms with Gasteiger partial charge in [0, 0.05) is 5.69 Å². The molecule has 0 aliphatic heterocycles. The third kappa shape index (κ3) is 5.15. The fraction of sp³-hybridized carbons (Fsp3) is 0.500. The normalized spacial score (nSPS) is 11.2. The lowest BCUT2D eigenvalue weighted by molar-refractivity contribution is 0.134. The highest BCUT2D eigenvalue weighted by Gasteiger charge is 1.93. The molecule has 3 heteroatoms. The van der Waals surface area contributed by atoms with Crippen molar-refractivity contribution < 1.29 is 4.84 Å². The van der Waals surface area contributed by atoms with E-state index in [1.165, 1.54) is 0 Å². The highest BCUT2D eigenvalue weighted by Crippen LogP contribution is 1.99. The lowest BCUT2D eigenvalue weighted by Gasteiger charge is -2.01. The van der Waals surface area contributed by atoms with Crippen LogP contribution in [0.4, 0.5) is 0 Å². The largest absolute Gasteiger partial charge is 0.396 e. The Labute approximate surface area is 91.2 Å². The van der Waals surface area contributed by atoms with Gasteiger partial charge < -0.3 is 4.84 Å². The summed E-state index contributed by atoms with van der Waals surface area (Å²) in [4.78, 5) is 9.39. The van der Waals surface area contributed by atoms with Gasteiger partial charge in [-0.1, -0.05) is 25.1 Å². The zero-order valence-electron chi connectivity index (χ0n) is 9.60. The van der Waals surface area contributed by atoms with Crippen LogP contribution in [0.2, 0.25) is 0 Å². The molecule has 0 fully saturated rings. The van der Waals surface area contributed by atoms with Gasteiger partial charge in [0.1, 0.15) is 6.61 Å². The lowest BCUT2D eigenvalue weighted by Crippen LogP contribution is -1.95. The summed E-state index contributed by atoms with van der Waals surface area (Å²) in [6, 6.07) is 5.82. The first-order valence-electron chi connectivity index (χ1n) is 5.27. The van der Waals surface area contributed by atoms with E-state index >= 15 is 0 Å². The SMILES string of the molecule is Cc1cccc(C=NOCCC(C)C)n1. The van der Waals surface area contributed by atoms with Crippen LogP contribution in [0.1, 0.15) is 31.7 Å². The first kappa shape index (κ1) is 11.7. The minimum Gasteiger partial charge on any atom is -0.396 e. The Kier molecular flexibility index (Phi) is 4.81. The predicted octanol–water partition coefficient (Wildman–Crippen LogP) is 2.79. The molecule has 0 radical (unpaired) electrons. The number of aryl methyl sites for hydroxylation is 1. The maximum atomic E-state index is 5.12. The number of nitrogens with zero attached hydrogens (tertiary/aromatic N) is 2. The number of hydrogen-bond donors (Lipinski definition) is 0. The van der Waals surface area contributed by atoms with Crippen LogP contribution < -0.4 is 0 Å². The molecular formula is C12H18N2O. The van der Waals surface area contributed by atoms with Crippen molar-refractivity contribution in [3.8, 4) is 0 Å². The van der Waals surface area contributed by atoms with Crippen LogP contribution in [0.5, 0.6) is 0 Å². The Bertz CT molecular complexity index is 321. The van der Waals surface area contributed by atoms with Gasteiger partial charge in [-0.3, -0.25) is 4.98 Å². The monoisotopic (exact) mass is 206 g/mol. The molecule has 0 unspecified atom stereocenters. The second-order valence-electron chi connectivity index (χ2n) is 3.95. The summed E-state index contributed by atoms with van der Waals surface area (Å²) in [5, 5.41) is 3.87. The maximum Gasteiger partial charge on any atom is 0.117 e. The Morgan fingerprint density at radius 1 is 1.47 bits per heavy atom. The zero-order valence-corrected chi connectivity index (χ0v) is 9.60. The van der Waals surface area contributed by atoms with Crippen LogP contribution in [0.3, 0.4) is 0 Å². The van der Waals surface area contributed by atoms with E-state index in [0.29, 0.717) is 12.5 Å². The molecule has 0 saturated heterocycles. The minimum absolute atomic E-state index is 0.650. The molecule has 0 saturated carbocycles. The van der Waals surface area contributed by atoms with Gasteiger partial charge >= 0.3 is 0 Å². The predicted molar refractivity (Wildman–Crippen MR) is 62.0 cm³/mol. The summed E-state index contributed by atoms with van der Waals surface area (Å²) in [5.74, 6) is 0.650. The van der Waals surface area contributed by atoms with E-state index in [1.54, 1.807) is 6.21 Å². The summed E-state index contributed by atoms with van der Waals surface area (Å²) in [6.07, 6.45) is 2.67. The number of rotatable bonds is 5. The molecule has 1 aromatic heterocycles. The van der Waals surface area contributed by atoms with Gasteiger partial charge in [-0.2, -0.15) is 0 Å². The van der Waals surface area contributed by atoms with Crippen LogP contribution in [-0.2, 0) is 4.84 Å². The molecular weight excluding hydrogens is 188 g/mol. The van der Waals surface area contributed by atoms with Gasteiger partial charge in [0.05, 0.1) is 11.9 Å². The molecule has 0 atom stereocenters. The first-order chi connectivity index (χ1) is 7.18. The average Bonchev–Trinajstić information content (AvgIpc) is 2.17. The molecule has 0 aliphatic carbocycles. The molecule has 0 N–H and O–H groups in total. The van der Waals surface area contributed by atoms with Crippen molar-refractivity contribution >= 4 is 6.21 Å². The molecule has 0 aliphatic rings. The molecule has 0 aromatic carbocycles. The number of pyridine rings is 1. The van der Waals surface area contributed by atoms with E-state index in [2.05, 4.69) is 24.0 Å². The molecule has 1 heterocycles. The van der Waals surface area contributed by atoms with E-state index in [9.17, 15) is 0 Å². The van der Waals surface area contributed by atoms with Gasteiger partial charge in [0.15, 0.2) is 0 Å². The Morgan fingerprint density at radius 2 is 2.27 bits per heavy atom. The standard InChI is InChI=1S/C12H18N2O/c1-10(2)7-8-15-13-9-12-6-4-5-11(3)14-12/h4-6,9-10H,7-8H2,1-3H3. The molecule has 0 bridgehead atoms. The molecule has 1 rings (SSSR count). The first-order valence-corrected chi connectivity index (χ1v) is 5.27. The lowest BCUT2D eigenvalue weighted by atomic mass is 10.1. The summed E-state index contributed by atoms with van der Waals surface area (Å²) < 4.78 is 0. The van der Waals surface area contributed by atoms with E-state index in [4.69, 9.17) is 4.84 Å². The van der Waals surface area contributed by atoms with Crippen LogP contribution in [0, 0.1) is 12.8 Å². The van der Waals surface area contributed by atoms with Crippen molar-refractivity contribution in [2.45, 2.75) is 27.2 Å². The third-order valence-electron chi connectivity index (χ3n) is 1.96. The summed E-state index contributed by atoms with van der Waals surface area (Å²) >= 11 is 0. The van der Waals surface area contributed by atoms with E-state index in [0.717, 1.165) is 17.8 Å². The smallest absolute Gasteiger partial charge is 0.117 e. The van der Waals surface area contributed by atoms with Gasteiger partial charge in [-0.05, 0) is 31.4 Å². The second-order valence-corrected chi connectivity index (χ2v) is 3.95. The molecule has 82 valence electrons. The topological polar surface area (TPSA) is 34.5 Å². The van der Waals surface area contributed by atoms with E-state index in [-0.39, 0.29) is 0 Å². The number of oxime groups is 1. The second kappa shape index (κ2) is 6.17. The van der Waals surface area contributed by atoms with Crippen LogP contribution in [0.25, 0.3) is 0 Å². The summed E-state index contributed by atoms with van der Waals surface area (Å²) in [6.45, 7) is 6.95. The fourth-order valence-electron chi connectivity index (χ4n) is 1.07. The Hall–Kier alpha value is -1.38. The van der Waals surface area contributed by atoms with Crippen molar-refractivity contribution in [3.63, 3.8) is 0 Å². The molecule has 1 aromatic rings. The van der Waals surface area contributed by atoms with Crippen LogP contribution in [-0.4, -0.2) is 17.8 Å². The van der Waals surface area contributed by atoms with Gasteiger partial charge in [-0.25, -0.2) is 0 Å². The molecule has 0 amide bonds. The molecule has 15 heavy (non-hydrogen) atoms. The summed E-state index contributed by atoms with van der Waals surface area (Å²) in [7, 11) is 0. The van der Waals surface area contributed by atoms with Gasteiger partial charge in [-0.15, -0.1) is 0 Å². The van der Waals surface area contributed by atoms with Crippen molar-refractivity contribution in [2.24, 2.45) is 11.1 Å². The summed E-state index contributed by atoms with van der Waals surface area (Å²) in [5.41, 5.74) is 1.82. The quantitative estimate of drug-likeness (QED) is 0.422. The van der Waals surface area contributed by atoms with E-state index in [1.807, 2.05) is 25.1 Å². The van der Waals surface area contributed by atoms with Crippen molar-refractivity contribution in [2.75, 3.05) is 6.61 Å². The Morgan fingerprint density at radius 3 is 2.93 bits per heavy atom. The number of aromatic nitrogens is 1. The van der Waals surface area contributed by atoms with Crippen molar-refractivity contribution in [1.82, 2.24) is 4.98 Å². The van der Waals surface area contributed by atoms with Crippen LogP contribution >= 0.6 is 0 Å². The molecule has 3 nitrogen and oxygen atoms in total. The van der Waals surface area contributed by atoms with Crippen LogP contribution in [0.15, 0.2) is 23.4 Å². The Balaban J connectivity index is 2.32. The van der Waals surface area contributed by atoms with Gasteiger partial charge in [0.25, 0.3) is 0 Å².